The Balaban J connectivity index is 2.29. The monoisotopic (exact) mass is 278 g/mol. The fourth-order valence-electron chi connectivity index (χ4n) is 2.25. The van der Waals surface area contributed by atoms with Gasteiger partial charge in [0.15, 0.2) is 0 Å². The molecule has 0 atom stereocenters. The Morgan fingerprint density at radius 2 is 1.90 bits per heavy atom. The van der Waals surface area contributed by atoms with Crippen LogP contribution in [0, 0.1) is 10.8 Å². The van der Waals surface area contributed by atoms with E-state index in [0.29, 0.717) is 5.82 Å². The number of nitrogens with zero attached hydrogens (tertiary/aromatic N) is 4. The van der Waals surface area contributed by atoms with Crippen LogP contribution in [0.1, 0.15) is 0 Å². The highest BCUT2D eigenvalue weighted by molar-refractivity contribution is 5.93. The fourth-order valence-corrected chi connectivity index (χ4v) is 2.25. The number of nitrogens with one attached hydrogen (secondary N) is 2. The molecule has 21 heavy (non-hydrogen) atoms. The lowest BCUT2D eigenvalue weighted by atomic mass is 10.2. The molecule has 2 aromatic heterocycles. The number of hydrogen-bond acceptors (Lipinski definition) is 5. The van der Waals surface area contributed by atoms with Crippen molar-refractivity contribution in [1.29, 1.82) is 10.8 Å². The van der Waals surface area contributed by atoms with Crippen molar-refractivity contribution in [2.75, 3.05) is 11.9 Å². The SMILES string of the molecule is CN(c1ccccn1)c1nc(=N)n(C=N)c2ccccc12. The molecule has 3 rings (SSSR count). The topological polar surface area (TPSA) is 81.7 Å². The molecule has 3 aromatic rings. The number of pyridine rings is 1. The molecule has 1 aromatic carbocycles. The second-order valence-corrected chi connectivity index (χ2v) is 4.52. The first-order valence-corrected chi connectivity index (χ1v) is 6.43. The summed E-state index contributed by atoms with van der Waals surface area (Å²) in [6, 6.07) is 13.2. The molecular weight excluding hydrogens is 264 g/mol. The number of rotatable bonds is 3. The molecule has 6 heteroatoms. The molecule has 0 bridgehead atoms. The molecule has 2 heterocycles. The van der Waals surface area contributed by atoms with Crippen molar-refractivity contribution in [3.8, 4) is 0 Å². The highest BCUT2D eigenvalue weighted by Crippen LogP contribution is 2.26. The molecule has 0 aliphatic heterocycles. The van der Waals surface area contributed by atoms with Crippen LogP contribution in [0.4, 0.5) is 11.6 Å². The van der Waals surface area contributed by atoms with Gasteiger partial charge >= 0.3 is 0 Å². The molecule has 0 spiro atoms. The molecule has 0 saturated carbocycles. The third-order valence-electron chi connectivity index (χ3n) is 3.28. The standard InChI is InChI=1S/C15H14N6/c1-20(13-8-4-5-9-18-13)14-11-6-2-3-7-12(11)21(10-16)15(17)19-14/h2-10,16-17H,1H3. The van der Waals surface area contributed by atoms with Crippen molar-refractivity contribution in [3.63, 3.8) is 0 Å². The Morgan fingerprint density at radius 3 is 2.62 bits per heavy atom. The van der Waals surface area contributed by atoms with E-state index in [1.54, 1.807) is 6.20 Å². The molecule has 0 unspecified atom stereocenters. The summed E-state index contributed by atoms with van der Waals surface area (Å²) in [4.78, 5) is 10.5. The third kappa shape index (κ3) is 2.16. The Hall–Kier alpha value is -3.02. The first kappa shape index (κ1) is 13.0. The zero-order valence-electron chi connectivity index (χ0n) is 11.5. The van der Waals surface area contributed by atoms with E-state index in [2.05, 4.69) is 9.97 Å². The molecule has 0 radical (unpaired) electrons. The summed E-state index contributed by atoms with van der Waals surface area (Å²) in [7, 11) is 1.87. The van der Waals surface area contributed by atoms with Crippen LogP contribution in [0.3, 0.4) is 0 Å². The van der Waals surface area contributed by atoms with Gasteiger partial charge in [0.2, 0.25) is 5.62 Å². The average Bonchev–Trinajstić information content (AvgIpc) is 2.54. The van der Waals surface area contributed by atoms with Crippen molar-refractivity contribution >= 4 is 28.9 Å². The molecular formula is C15H14N6. The Bertz CT molecular complexity index is 853. The van der Waals surface area contributed by atoms with Crippen LogP contribution in [-0.2, 0) is 0 Å². The Morgan fingerprint density at radius 1 is 1.14 bits per heavy atom. The van der Waals surface area contributed by atoms with Gasteiger partial charge in [-0.15, -0.1) is 0 Å². The van der Waals surface area contributed by atoms with Crippen LogP contribution in [0.25, 0.3) is 10.9 Å². The van der Waals surface area contributed by atoms with Gasteiger partial charge in [-0.05, 0) is 24.3 Å². The molecule has 0 amide bonds. The predicted molar refractivity (Wildman–Crippen MR) is 82.1 cm³/mol. The zero-order valence-corrected chi connectivity index (χ0v) is 11.5. The molecule has 0 saturated heterocycles. The summed E-state index contributed by atoms with van der Waals surface area (Å²) < 4.78 is 1.44. The van der Waals surface area contributed by atoms with E-state index in [9.17, 15) is 0 Å². The van der Waals surface area contributed by atoms with Crippen molar-refractivity contribution in [3.05, 3.63) is 54.3 Å². The van der Waals surface area contributed by atoms with Crippen molar-refractivity contribution < 1.29 is 0 Å². The van der Waals surface area contributed by atoms with Gasteiger partial charge in [0.05, 0.1) is 11.9 Å². The molecule has 0 aliphatic rings. The number of fused-ring (bicyclic) bond motifs is 1. The van der Waals surface area contributed by atoms with Crippen LogP contribution in [0.15, 0.2) is 48.7 Å². The molecule has 104 valence electrons. The smallest absolute Gasteiger partial charge is 0.229 e. The zero-order chi connectivity index (χ0) is 14.8. The van der Waals surface area contributed by atoms with Crippen molar-refractivity contribution in [1.82, 2.24) is 14.5 Å². The lowest BCUT2D eigenvalue weighted by molar-refractivity contribution is 0.912. The quantitative estimate of drug-likeness (QED) is 0.569. The maximum atomic E-state index is 8.00. The third-order valence-corrected chi connectivity index (χ3v) is 3.28. The fraction of sp³-hybridized carbons (Fsp3) is 0.0667. The van der Waals surface area contributed by atoms with Gasteiger partial charge in [-0.25, -0.2) is 4.98 Å². The van der Waals surface area contributed by atoms with Gasteiger partial charge in [0.1, 0.15) is 11.6 Å². The van der Waals surface area contributed by atoms with Crippen LogP contribution in [0.2, 0.25) is 0 Å². The number of anilines is 2. The summed E-state index contributed by atoms with van der Waals surface area (Å²) in [5.74, 6) is 1.40. The summed E-state index contributed by atoms with van der Waals surface area (Å²) in [5, 5.41) is 16.3. The van der Waals surface area contributed by atoms with E-state index >= 15 is 0 Å². The average molecular weight is 278 g/mol. The Labute approximate surface area is 121 Å². The number of hydrogen-bond donors (Lipinski definition) is 2. The van der Waals surface area contributed by atoms with Gasteiger partial charge in [-0.3, -0.25) is 15.4 Å². The molecule has 0 fully saturated rings. The van der Waals surface area contributed by atoms with Gasteiger partial charge < -0.3 is 4.90 Å². The predicted octanol–water partition coefficient (Wildman–Crippen LogP) is 2.13. The minimum atomic E-state index is 0.0153. The first-order valence-electron chi connectivity index (χ1n) is 6.43. The molecule has 0 aliphatic carbocycles. The summed E-state index contributed by atoms with van der Waals surface area (Å²) in [5.41, 5.74) is 0.784. The normalized spacial score (nSPS) is 10.5. The van der Waals surface area contributed by atoms with E-state index < -0.39 is 0 Å². The van der Waals surface area contributed by atoms with Gasteiger partial charge in [-0.2, -0.15) is 4.98 Å². The lowest BCUT2D eigenvalue weighted by Gasteiger charge is -2.19. The minimum absolute atomic E-state index is 0.0153. The van der Waals surface area contributed by atoms with Gasteiger partial charge in [0.25, 0.3) is 0 Å². The lowest BCUT2D eigenvalue weighted by Crippen LogP contribution is -2.26. The van der Waals surface area contributed by atoms with Crippen LogP contribution >= 0.6 is 0 Å². The maximum absolute atomic E-state index is 8.00. The van der Waals surface area contributed by atoms with Crippen LogP contribution in [0.5, 0.6) is 0 Å². The maximum Gasteiger partial charge on any atom is 0.229 e. The number of aromatic nitrogens is 3. The molecule has 2 N–H and O–H groups in total. The second-order valence-electron chi connectivity index (χ2n) is 4.52. The largest absolute Gasteiger partial charge is 0.313 e. The van der Waals surface area contributed by atoms with E-state index in [-0.39, 0.29) is 5.62 Å². The van der Waals surface area contributed by atoms with Crippen molar-refractivity contribution in [2.24, 2.45) is 0 Å². The van der Waals surface area contributed by atoms with Crippen LogP contribution < -0.4 is 10.5 Å². The summed E-state index contributed by atoms with van der Waals surface area (Å²) in [6.07, 6.45) is 2.82. The van der Waals surface area contributed by atoms with Gasteiger partial charge in [0, 0.05) is 18.6 Å². The highest BCUT2D eigenvalue weighted by Gasteiger charge is 2.13. The second kappa shape index (κ2) is 5.16. The minimum Gasteiger partial charge on any atom is -0.313 e. The summed E-state index contributed by atoms with van der Waals surface area (Å²) in [6.45, 7) is 0. The number of benzene rings is 1. The van der Waals surface area contributed by atoms with E-state index in [1.165, 1.54) is 4.57 Å². The van der Waals surface area contributed by atoms with E-state index in [4.69, 9.17) is 10.8 Å². The van der Waals surface area contributed by atoms with E-state index in [0.717, 1.165) is 23.1 Å². The highest BCUT2D eigenvalue weighted by atomic mass is 15.2. The molecule has 6 nitrogen and oxygen atoms in total. The van der Waals surface area contributed by atoms with Gasteiger partial charge in [-0.1, -0.05) is 18.2 Å². The number of para-hydroxylation sites is 1. The first-order chi connectivity index (χ1) is 10.2. The van der Waals surface area contributed by atoms with E-state index in [1.807, 2.05) is 54.4 Å². The summed E-state index contributed by atoms with van der Waals surface area (Å²) >= 11 is 0. The van der Waals surface area contributed by atoms with Crippen LogP contribution in [-0.4, -0.2) is 27.9 Å². The Kier molecular flexibility index (Phi) is 3.19. The van der Waals surface area contributed by atoms with Crippen molar-refractivity contribution in [2.45, 2.75) is 0 Å².